The number of dihydropyridines is 1. The molecule has 2 heterocycles. The number of Topliss-reactive ketones (excluding diaryl/α,β-unsaturated/α-hetero) is 1. The molecule has 3 aromatic rings. The molecule has 7 nitrogen and oxygen atoms in total. The van der Waals surface area contributed by atoms with Crippen LogP contribution >= 0.6 is 11.3 Å². The van der Waals surface area contributed by atoms with E-state index in [2.05, 4.69) is 11.4 Å². The maximum absolute atomic E-state index is 13.7. The van der Waals surface area contributed by atoms with Crippen LogP contribution in [-0.4, -0.2) is 39.2 Å². The highest BCUT2D eigenvalue weighted by atomic mass is 32.1. The minimum absolute atomic E-state index is 0.0205. The second-order valence-corrected chi connectivity index (χ2v) is 10.4. The van der Waals surface area contributed by atoms with Crippen LogP contribution in [0.15, 0.2) is 88.6 Å². The summed E-state index contributed by atoms with van der Waals surface area (Å²) in [5.41, 5.74) is 3.29. The third-order valence-corrected chi connectivity index (χ3v) is 8.10. The Bertz CT molecular complexity index is 1410. The van der Waals surface area contributed by atoms with Crippen LogP contribution in [0.4, 0.5) is 0 Å². The molecule has 0 amide bonds. The van der Waals surface area contributed by atoms with Crippen LogP contribution in [0.5, 0.6) is 17.2 Å². The van der Waals surface area contributed by atoms with Gasteiger partial charge in [-0.05, 0) is 54.6 Å². The van der Waals surface area contributed by atoms with Crippen molar-refractivity contribution < 1.29 is 28.5 Å². The predicted molar refractivity (Wildman–Crippen MR) is 149 cm³/mol. The molecule has 5 rings (SSSR count). The first-order chi connectivity index (χ1) is 19.0. The van der Waals surface area contributed by atoms with Crippen LogP contribution in [0.25, 0.3) is 0 Å². The Balaban J connectivity index is 1.46. The van der Waals surface area contributed by atoms with Crippen molar-refractivity contribution >= 4 is 23.1 Å². The summed E-state index contributed by atoms with van der Waals surface area (Å²) in [6.07, 6.45) is 1.08. The van der Waals surface area contributed by atoms with E-state index in [1.807, 2.05) is 60.8 Å². The molecule has 0 fully saturated rings. The summed E-state index contributed by atoms with van der Waals surface area (Å²) in [5.74, 6) is 0.835. The second kappa shape index (κ2) is 11.8. The minimum atomic E-state index is -0.597. The average Bonchev–Trinajstić information content (AvgIpc) is 3.50. The molecule has 0 saturated carbocycles. The molecule has 202 valence electrons. The van der Waals surface area contributed by atoms with Crippen LogP contribution < -0.4 is 19.5 Å². The van der Waals surface area contributed by atoms with Gasteiger partial charge in [-0.2, -0.15) is 0 Å². The molecule has 1 aliphatic heterocycles. The molecular formula is C31H31NO6S. The number of ether oxygens (including phenoxy) is 4. The van der Waals surface area contributed by atoms with Gasteiger partial charge in [-0.3, -0.25) is 4.79 Å². The number of para-hydroxylation sites is 1. The molecule has 2 unspecified atom stereocenters. The van der Waals surface area contributed by atoms with Crippen molar-refractivity contribution in [2.75, 3.05) is 27.4 Å². The molecule has 1 aliphatic carbocycles. The topological polar surface area (TPSA) is 83.1 Å². The van der Waals surface area contributed by atoms with Gasteiger partial charge in [0.2, 0.25) is 0 Å². The van der Waals surface area contributed by atoms with Crippen LogP contribution in [0.3, 0.4) is 0 Å². The van der Waals surface area contributed by atoms with Gasteiger partial charge >= 0.3 is 5.97 Å². The van der Waals surface area contributed by atoms with Crippen molar-refractivity contribution in [3.8, 4) is 17.2 Å². The van der Waals surface area contributed by atoms with Crippen molar-refractivity contribution in [3.63, 3.8) is 0 Å². The van der Waals surface area contributed by atoms with E-state index >= 15 is 0 Å². The zero-order valence-corrected chi connectivity index (χ0v) is 23.0. The number of carbonyl (C=O) groups is 2. The molecular weight excluding hydrogens is 514 g/mol. The van der Waals surface area contributed by atoms with Crippen molar-refractivity contribution in [3.05, 3.63) is 99.0 Å². The molecule has 0 saturated heterocycles. The summed E-state index contributed by atoms with van der Waals surface area (Å²) < 4.78 is 22.3. The van der Waals surface area contributed by atoms with Crippen LogP contribution in [-0.2, 0) is 14.3 Å². The lowest BCUT2D eigenvalue weighted by Gasteiger charge is -2.36. The molecule has 2 aromatic carbocycles. The van der Waals surface area contributed by atoms with Gasteiger partial charge in [0.15, 0.2) is 17.3 Å². The van der Waals surface area contributed by atoms with E-state index in [-0.39, 0.29) is 24.9 Å². The monoisotopic (exact) mass is 545 g/mol. The first kappa shape index (κ1) is 26.6. The van der Waals surface area contributed by atoms with E-state index in [9.17, 15) is 9.59 Å². The van der Waals surface area contributed by atoms with Gasteiger partial charge in [-0.15, -0.1) is 11.3 Å². The van der Waals surface area contributed by atoms with Gasteiger partial charge in [0.1, 0.15) is 19.0 Å². The van der Waals surface area contributed by atoms with E-state index < -0.39 is 11.9 Å². The minimum Gasteiger partial charge on any atom is -0.493 e. The number of hydrogen-bond acceptors (Lipinski definition) is 8. The SMILES string of the molecule is COc1ccc(C2C(C(=O)OCCOc3ccccc3)=C(C)NC3=C2C(=O)CC(c2cccs2)C3)cc1OC. The highest BCUT2D eigenvalue weighted by Crippen LogP contribution is 2.47. The smallest absolute Gasteiger partial charge is 0.336 e. The zero-order chi connectivity index (χ0) is 27.4. The summed E-state index contributed by atoms with van der Waals surface area (Å²) >= 11 is 1.66. The van der Waals surface area contributed by atoms with Crippen LogP contribution in [0, 0.1) is 0 Å². The van der Waals surface area contributed by atoms with E-state index in [1.165, 1.54) is 4.88 Å². The van der Waals surface area contributed by atoms with Gasteiger partial charge in [-0.25, -0.2) is 4.79 Å². The third kappa shape index (κ3) is 5.56. The number of esters is 1. The van der Waals surface area contributed by atoms with Gasteiger partial charge in [0.25, 0.3) is 0 Å². The van der Waals surface area contributed by atoms with Gasteiger partial charge in [-0.1, -0.05) is 30.3 Å². The highest BCUT2D eigenvalue weighted by Gasteiger charge is 2.41. The summed E-state index contributed by atoms with van der Waals surface area (Å²) in [4.78, 5) is 28.5. The molecule has 1 aromatic heterocycles. The standard InChI is InChI=1S/C31H31NO6S/c1-19-28(31(34)38-14-13-37-22-8-5-4-6-9-22)29(20-11-12-25(35-2)26(18-20)36-3)30-23(32-19)16-21(17-24(30)33)27-10-7-15-39-27/h4-12,15,18,21,29,32H,13-14,16-17H2,1-3H3. The second-order valence-electron chi connectivity index (χ2n) is 9.44. The van der Waals surface area contributed by atoms with Crippen LogP contribution in [0.1, 0.15) is 42.0 Å². The molecule has 0 radical (unpaired) electrons. The molecule has 1 N–H and O–H groups in total. The number of nitrogens with one attached hydrogen (secondary N) is 1. The lowest BCUT2D eigenvalue weighted by molar-refractivity contribution is -0.140. The van der Waals surface area contributed by atoms with Crippen molar-refractivity contribution in [1.82, 2.24) is 5.32 Å². The van der Waals surface area contributed by atoms with Crippen molar-refractivity contribution in [2.24, 2.45) is 0 Å². The van der Waals surface area contributed by atoms with Crippen molar-refractivity contribution in [2.45, 2.75) is 31.6 Å². The number of carbonyl (C=O) groups excluding carboxylic acids is 2. The van der Waals surface area contributed by atoms with Crippen LogP contribution in [0.2, 0.25) is 0 Å². The fourth-order valence-corrected chi connectivity index (χ4v) is 6.12. The molecule has 39 heavy (non-hydrogen) atoms. The number of ketones is 1. The number of benzene rings is 2. The molecule has 2 aliphatic rings. The largest absolute Gasteiger partial charge is 0.493 e. The fraction of sp³-hybridized carbons (Fsp3) is 0.290. The number of hydrogen-bond donors (Lipinski definition) is 1. The Kier molecular flexibility index (Phi) is 8.02. The van der Waals surface area contributed by atoms with E-state index in [0.717, 1.165) is 11.3 Å². The summed E-state index contributed by atoms with van der Waals surface area (Å²) in [7, 11) is 3.14. The maximum atomic E-state index is 13.7. The average molecular weight is 546 g/mol. The Labute approximate surface area is 232 Å². The van der Waals surface area contributed by atoms with E-state index in [0.29, 0.717) is 46.9 Å². The molecule has 8 heteroatoms. The Hall–Kier alpha value is -4.04. The zero-order valence-electron chi connectivity index (χ0n) is 22.2. The predicted octanol–water partition coefficient (Wildman–Crippen LogP) is 5.75. The fourth-order valence-electron chi connectivity index (χ4n) is 5.29. The maximum Gasteiger partial charge on any atom is 0.336 e. The van der Waals surface area contributed by atoms with Gasteiger partial charge < -0.3 is 24.3 Å². The normalized spacial score (nSPS) is 18.8. The summed E-state index contributed by atoms with van der Waals surface area (Å²) in [5, 5.41) is 5.43. The lowest BCUT2D eigenvalue weighted by atomic mass is 9.72. The Morgan fingerprint density at radius 3 is 2.49 bits per heavy atom. The quantitative estimate of drug-likeness (QED) is 0.271. The number of thiophene rings is 1. The molecule has 0 bridgehead atoms. The number of allylic oxidation sites excluding steroid dienone is 3. The molecule has 2 atom stereocenters. The number of methoxy groups -OCH3 is 2. The molecule has 0 spiro atoms. The Morgan fingerprint density at radius 1 is 0.974 bits per heavy atom. The van der Waals surface area contributed by atoms with Crippen molar-refractivity contribution in [1.29, 1.82) is 0 Å². The lowest BCUT2D eigenvalue weighted by Crippen LogP contribution is -2.36. The first-order valence-electron chi connectivity index (χ1n) is 12.8. The highest BCUT2D eigenvalue weighted by molar-refractivity contribution is 7.10. The van der Waals surface area contributed by atoms with Gasteiger partial charge in [0.05, 0.1) is 19.8 Å². The Morgan fingerprint density at radius 2 is 1.77 bits per heavy atom. The third-order valence-electron chi connectivity index (χ3n) is 7.06. The summed E-state index contributed by atoms with van der Waals surface area (Å²) in [6.45, 7) is 2.14. The number of rotatable bonds is 9. The first-order valence-corrected chi connectivity index (χ1v) is 13.7. The summed E-state index contributed by atoms with van der Waals surface area (Å²) in [6, 6.07) is 18.9. The van der Waals surface area contributed by atoms with E-state index in [1.54, 1.807) is 31.6 Å². The van der Waals surface area contributed by atoms with E-state index in [4.69, 9.17) is 18.9 Å². The van der Waals surface area contributed by atoms with Gasteiger partial charge in [0, 0.05) is 40.1 Å².